The minimum atomic E-state index is -0.558. The molecule has 0 unspecified atom stereocenters. The van der Waals surface area contributed by atoms with Crippen molar-refractivity contribution in [2.24, 2.45) is 0 Å². The molecule has 1 aromatic carbocycles. The van der Waals surface area contributed by atoms with Crippen LogP contribution in [0.5, 0.6) is 0 Å². The predicted octanol–water partition coefficient (Wildman–Crippen LogP) is -0.162. The number of nitrogens with one attached hydrogen (secondary N) is 1. The summed E-state index contributed by atoms with van der Waals surface area (Å²) in [4.78, 5) is 32.4. The van der Waals surface area contributed by atoms with Crippen molar-refractivity contribution in [1.82, 2.24) is 9.97 Å². The lowest BCUT2D eigenvalue weighted by Gasteiger charge is -2.14. The summed E-state index contributed by atoms with van der Waals surface area (Å²) in [5, 5.41) is 0.348. The van der Waals surface area contributed by atoms with Crippen LogP contribution >= 0.6 is 11.3 Å². The average Bonchev–Trinajstić information content (AvgIpc) is 3.08. The highest BCUT2D eigenvalue weighted by atomic mass is 32.1. The second kappa shape index (κ2) is 5.74. The summed E-state index contributed by atoms with van der Waals surface area (Å²) in [5.41, 5.74) is 1.33. The number of aromatic nitrogens is 2. The molecule has 3 rings (SSSR count). The van der Waals surface area contributed by atoms with Crippen molar-refractivity contribution in [3.8, 4) is 0 Å². The molecule has 0 saturated heterocycles. The van der Waals surface area contributed by atoms with Gasteiger partial charge in [-0.05, 0) is 28.2 Å². The number of nitrogens with zero attached hydrogens (tertiary/aromatic N) is 1. The van der Waals surface area contributed by atoms with Crippen molar-refractivity contribution in [1.29, 1.82) is 0 Å². The van der Waals surface area contributed by atoms with Gasteiger partial charge in [0.15, 0.2) is 18.6 Å². The molecule has 0 atom stereocenters. The minimum absolute atomic E-state index is 0.0868. The Hall–Kier alpha value is -2.15. The molecular weight excluding hydrogens is 324 g/mol. The highest BCUT2D eigenvalue weighted by Gasteiger charge is 2.28. The number of thiazole rings is 1. The molecule has 9 heteroatoms. The van der Waals surface area contributed by atoms with Crippen LogP contribution in [0.4, 0.5) is 4.39 Å². The number of rotatable bonds is 4. The summed E-state index contributed by atoms with van der Waals surface area (Å²) in [6.07, 6.45) is 1.55. The third-order valence-corrected chi connectivity index (χ3v) is 4.75. The lowest BCUT2D eigenvalue weighted by molar-refractivity contribution is 0.0971. The van der Waals surface area contributed by atoms with Crippen molar-refractivity contribution in [3.63, 3.8) is 0 Å². The predicted molar refractivity (Wildman–Crippen MR) is 102 cm³/mol. The largest absolute Gasteiger partial charge is 0.360 e. The van der Waals surface area contributed by atoms with E-state index in [4.69, 9.17) is 0 Å². The molecule has 0 aliphatic carbocycles. The zero-order valence-electron chi connectivity index (χ0n) is 13.9. The molecule has 3 aromatic rings. The maximum atomic E-state index is 13.3. The average molecular weight is 338 g/mol. The standard InChI is InChI=1S/C15H14B3FN2O2S/c1-15(17,18)12(23)10-13(16)24-14(21-10)11(22)8-5-20-9-4-6(19)2-3-7(8)9/h2-5,20H,16-18H2,1H3. The van der Waals surface area contributed by atoms with Gasteiger partial charge in [-0.25, -0.2) is 9.37 Å². The maximum Gasteiger partial charge on any atom is 0.223 e. The van der Waals surface area contributed by atoms with Gasteiger partial charge in [-0.2, -0.15) is 0 Å². The van der Waals surface area contributed by atoms with Gasteiger partial charge in [-0.15, -0.1) is 11.3 Å². The number of fused-ring (bicyclic) bond motifs is 1. The number of hydrogen-bond acceptors (Lipinski definition) is 4. The molecule has 0 aliphatic heterocycles. The Balaban J connectivity index is 2.03. The summed E-state index contributed by atoms with van der Waals surface area (Å²) < 4.78 is 14.0. The summed E-state index contributed by atoms with van der Waals surface area (Å²) in [5.74, 6) is -0.725. The van der Waals surface area contributed by atoms with Gasteiger partial charge in [0.25, 0.3) is 0 Å². The SMILES string of the molecule is Bc1sc(C(=O)c2c[nH]c3cc(F)ccc23)nc1C(=O)C(B)(B)C. The molecular formula is C15H14B3FN2O2S. The normalized spacial score (nSPS) is 11.8. The summed E-state index contributed by atoms with van der Waals surface area (Å²) in [6, 6.07) is 4.22. The van der Waals surface area contributed by atoms with E-state index in [0.29, 0.717) is 22.2 Å². The number of halogens is 1. The van der Waals surface area contributed by atoms with E-state index in [0.717, 1.165) is 4.78 Å². The van der Waals surface area contributed by atoms with Crippen LogP contribution in [0.15, 0.2) is 24.4 Å². The van der Waals surface area contributed by atoms with Crippen LogP contribution in [-0.2, 0) is 0 Å². The summed E-state index contributed by atoms with van der Waals surface area (Å²) >= 11 is 1.21. The zero-order valence-corrected chi connectivity index (χ0v) is 14.7. The fraction of sp³-hybridized carbons (Fsp3) is 0.133. The van der Waals surface area contributed by atoms with E-state index < -0.39 is 5.21 Å². The quantitative estimate of drug-likeness (QED) is 0.531. The van der Waals surface area contributed by atoms with Crippen LogP contribution in [-0.4, -0.2) is 45.1 Å². The number of Topliss-reactive ketones (excluding diaryl/α,β-unsaturated/α-hetero) is 1. The molecule has 2 aromatic heterocycles. The Kier molecular flexibility index (Phi) is 3.99. The van der Waals surface area contributed by atoms with Gasteiger partial charge in [0.2, 0.25) is 5.78 Å². The van der Waals surface area contributed by atoms with Crippen molar-refractivity contribution >= 4 is 62.1 Å². The van der Waals surface area contributed by atoms with Gasteiger partial charge in [-0.3, -0.25) is 9.59 Å². The van der Waals surface area contributed by atoms with Crippen molar-refractivity contribution in [2.45, 2.75) is 12.1 Å². The van der Waals surface area contributed by atoms with E-state index in [9.17, 15) is 14.0 Å². The Morgan fingerprint density at radius 2 is 2.04 bits per heavy atom. The minimum Gasteiger partial charge on any atom is -0.360 e. The fourth-order valence-electron chi connectivity index (χ4n) is 2.46. The Labute approximate surface area is 145 Å². The molecule has 0 aliphatic rings. The first kappa shape index (κ1) is 16.7. The number of carbonyl (C=O) groups is 2. The van der Waals surface area contributed by atoms with E-state index in [1.165, 1.54) is 23.5 Å². The third-order valence-electron chi connectivity index (χ3n) is 3.78. The summed E-state index contributed by atoms with van der Waals surface area (Å²) in [7, 11) is 5.44. The van der Waals surface area contributed by atoms with Gasteiger partial charge in [0.05, 0.1) is 5.56 Å². The first-order valence-corrected chi connectivity index (χ1v) is 8.33. The molecule has 0 spiro atoms. The Morgan fingerprint density at radius 1 is 1.33 bits per heavy atom. The molecule has 4 nitrogen and oxygen atoms in total. The van der Waals surface area contributed by atoms with Gasteiger partial charge >= 0.3 is 0 Å². The van der Waals surface area contributed by atoms with Crippen LogP contribution < -0.4 is 4.78 Å². The first-order valence-electron chi connectivity index (χ1n) is 7.52. The molecule has 1 N–H and O–H groups in total. The lowest BCUT2D eigenvalue weighted by Crippen LogP contribution is -2.26. The molecule has 0 bridgehead atoms. The smallest absolute Gasteiger partial charge is 0.223 e. The highest BCUT2D eigenvalue weighted by molar-refractivity contribution is 7.22. The molecule has 0 amide bonds. The molecule has 24 heavy (non-hydrogen) atoms. The number of H-pyrrole nitrogens is 1. The molecule has 0 fully saturated rings. The van der Waals surface area contributed by atoms with E-state index in [1.54, 1.807) is 20.1 Å². The van der Waals surface area contributed by atoms with Crippen molar-refractivity contribution in [3.05, 3.63) is 46.5 Å². The van der Waals surface area contributed by atoms with Gasteiger partial charge in [0.1, 0.15) is 27.2 Å². The van der Waals surface area contributed by atoms with Crippen LogP contribution in [0, 0.1) is 5.82 Å². The Bertz CT molecular complexity index is 975. The Morgan fingerprint density at radius 3 is 2.71 bits per heavy atom. The van der Waals surface area contributed by atoms with Gasteiger partial charge in [-0.1, -0.05) is 6.92 Å². The molecule has 0 saturated carbocycles. The number of carbonyl (C=O) groups excluding carboxylic acids is 2. The highest BCUT2D eigenvalue weighted by Crippen LogP contribution is 2.25. The second-order valence-electron chi connectivity index (χ2n) is 6.72. The number of benzene rings is 1. The van der Waals surface area contributed by atoms with E-state index in [1.807, 2.05) is 22.6 Å². The zero-order chi connectivity index (χ0) is 17.6. The fourth-order valence-corrected chi connectivity index (χ4v) is 3.33. The number of hydrogen-bond donors (Lipinski definition) is 1. The van der Waals surface area contributed by atoms with Crippen LogP contribution in [0.1, 0.15) is 32.8 Å². The topological polar surface area (TPSA) is 62.8 Å². The van der Waals surface area contributed by atoms with E-state index >= 15 is 0 Å². The van der Waals surface area contributed by atoms with Crippen molar-refractivity contribution in [2.75, 3.05) is 0 Å². The molecule has 2 heterocycles. The van der Waals surface area contributed by atoms with Gasteiger partial charge in [0, 0.05) is 17.1 Å². The monoisotopic (exact) mass is 338 g/mol. The van der Waals surface area contributed by atoms with Crippen LogP contribution in [0.2, 0.25) is 5.21 Å². The van der Waals surface area contributed by atoms with E-state index in [-0.39, 0.29) is 22.4 Å². The van der Waals surface area contributed by atoms with E-state index in [2.05, 4.69) is 9.97 Å². The van der Waals surface area contributed by atoms with Crippen LogP contribution in [0.25, 0.3) is 10.9 Å². The van der Waals surface area contributed by atoms with Crippen molar-refractivity contribution < 1.29 is 14.0 Å². The van der Waals surface area contributed by atoms with Crippen LogP contribution in [0.3, 0.4) is 0 Å². The lowest BCUT2D eigenvalue weighted by atomic mass is 9.53. The third kappa shape index (κ3) is 2.84. The van der Waals surface area contributed by atoms with Gasteiger partial charge < -0.3 is 4.98 Å². The maximum absolute atomic E-state index is 13.3. The molecule has 0 radical (unpaired) electrons. The number of ketones is 2. The second-order valence-corrected chi connectivity index (χ2v) is 7.93. The molecule has 118 valence electrons. The number of aromatic amines is 1. The first-order chi connectivity index (χ1) is 11.2. The summed E-state index contributed by atoms with van der Waals surface area (Å²) in [6.45, 7) is 1.82.